The highest BCUT2D eigenvalue weighted by molar-refractivity contribution is 6.34. The van der Waals surface area contributed by atoms with E-state index < -0.39 is 11.9 Å². The molecule has 1 aliphatic heterocycles. The molecule has 1 heterocycles. The van der Waals surface area contributed by atoms with Gasteiger partial charge < -0.3 is 16.4 Å². The quantitative estimate of drug-likeness (QED) is 0.815. The molecule has 0 radical (unpaired) electrons. The Morgan fingerprint density at radius 1 is 1.30 bits per heavy atom. The average molecular weight is 318 g/mol. The van der Waals surface area contributed by atoms with Crippen LogP contribution in [0.15, 0.2) is 18.2 Å². The molecule has 1 aromatic carbocycles. The third kappa shape index (κ3) is 3.35. The van der Waals surface area contributed by atoms with Crippen LogP contribution in [0.5, 0.6) is 0 Å². The van der Waals surface area contributed by atoms with Crippen LogP contribution in [-0.4, -0.2) is 29.3 Å². The maximum absolute atomic E-state index is 12.4. The van der Waals surface area contributed by atoms with E-state index in [0.29, 0.717) is 29.2 Å². The van der Waals surface area contributed by atoms with E-state index in [2.05, 4.69) is 0 Å². The number of nitrogens with zero attached hydrogens (tertiary/aromatic N) is 1. The molecule has 20 heavy (non-hydrogen) atoms. The van der Waals surface area contributed by atoms with Crippen LogP contribution in [0.1, 0.15) is 29.6 Å². The Bertz CT molecular complexity index is 522. The van der Waals surface area contributed by atoms with Crippen LogP contribution in [0, 0.1) is 0 Å². The fraction of sp³-hybridized carbons (Fsp3) is 0.385. The number of benzene rings is 1. The molecule has 0 spiro atoms. The second-order valence-electron chi connectivity index (χ2n) is 4.65. The molecule has 2 rings (SSSR count). The second-order valence-corrected chi connectivity index (χ2v) is 5.06. The summed E-state index contributed by atoms with van der Waals surface area (Å²) in [7, 11) is 0. The number of piperidine rings is 1. The van der Waals surface area contributed by atoms with E-state index in [4.69, 9.17) is 23.1 Å². The first-order valence-corrected chi connectivity index (χ1v) is 6.54. The normalized spacial score (nSPS) is 18.2. The van der Waals surface area contributed by atoms with Crippen LogP contribution >= 0.6 is 24.0 Å². The number of nitrogens with two attached hydrogens (primary N) is 2. The fourth-order valence-corrected chi connectivity index (χ4v) is 2.60. The summed E-state index contributed by atoms with van der Waals surface area (Å²) in [5, 5.41) is 0.291. The first-order chi connectivity index (χ1) is 9.00. The molecule has 1 fully saturated rings. The molecule has 0 aliphatic carbocycles. The lowest BCUT2D eigenvalue weighted by molar-refractivity contribution is -0.123. The number of hydrogen-bond donors (Lipinski definition) is 2. The Morgan fingerprint density at radius 3 is 2.60 bits per heavy atom. The highest BCUT2D eigenvalue weighted by Crippen LogP contribution is 2.24. The standard InChI is InChI=1S/C13H16ClN3O2.ClH/c14-10-7-8(15)4-5-9(10)13(19)17-6-2-1-3-11(17)12(16)18;/h4-5,7,11H,1-3,6,15H2,(H2,16,18);1H. The van der Waals surface area contributed by atoms with Crippen molar-refractivity contribution in [3.63, 3.8) is 0 Å². The zero-order valence-corrected chi connectivity index (χ0v) is 12.4. The number of primary amides is 1. The summed E-state index contributed by atoms with van der Waals surface area (Å²) in [5.74, 6) is -0.742. The number of hydrogen-bond acceptors (Lipinski definition) is 3. The molecule has 0 aromatic heterocycles. The minimum atomic E-state index is -0.546. The lowest BCUT2D eigenvalue weighted by atomic mass is 10.00. The number of carbonyl (C=O) groups is 2. The summed E-state index contributed by atoms with van der Waals surface area (Å²) in [6, 6.07) is 4.17. The van der Waals surface area contributed by atoms with E-state index in [-0.39, 0.29) is 18.3 Å². The zero-order chi connectivity index (χ0) is 14.0. The monoisotopic (exact) mass is 317 g/mol. The van der Waals surface area contributed by atoms with Crippen molar-refractivity contribution in [2.24, 2.45) is 5.73 Å². The van der Waals surface area contributed by atoms with Gasteiger partial charge in [0.25, 0.3) is 5.91 Å². The third-order valence-electron chi connectivity index (χ3n) is 3.32. The predicted octanol–water partition coefficient (Wildman–Crippen LogP) is 1.82. The van der Waals surface area contributed by atoms with E-state index in [1.165, 1.54) is 11.0 Å². The second kappa shape index (κ2) is 6.81. The van der Waals surface area contributed by atoms with Crippen molar-refractivity contribution in [1.82, 2.24) is 4.90 Å². The van der Waals surface area contributed by atoms with Gasteiger partial charge in [0.05, 0.1) is 10.6 Å². The molecule has 0 bridgehead atoms. The number of rotatable bonds is 2. The first kappa shape index (κ1) is 16.6. The minimum Gasteiger partial charge on any atom is -0.399 e. The SMILES string of the molecule is Cl.NC(=O)C1CCCCN1C(=O)c1ccc(N)cc1Cl. The van der Waals surface area contributed by atoms with Gasteiger partial charge in [-0.05, 0) is 37.5 Å². The molecule has 1 aromatic rings. The maximum Gasteiger partial charge on any atom is 0.256 e. The van der Waals surface area contributed by atoms with Crippen molar-refractivity contribution in [3.05, 3.63) is 28.8 Å². The largest absolute Gasteiger partial charge is 0.399 e. The lowest BCUT2D eigenvalue weighted by Gasteiger charge is -2.33. The van der Waals surface area contributed by atoms with Gasteiger partial charge in [-0.1, -0.05) is 11.6 Å². The molecule has 1 atom stereocenters. The summed E-state index contributed by atoms with van der Waals surface area (Å²) < 4.78 is 0. The van der Waals surface area contributed by atoms with Gasteiger partial charge in [-0.3, -0.25) is 9.59 Å². The molecular formula is C13H17Cl2N3O2. The average Bonchev–Trinajstić information content (AvgIpc) is 2.38. The van der Waals surface area contributed by atoms with Gasteiger partial charge >= 0.3 is 0 Å². The van der Waals surface area contributed by atoms with Crippen molar-refractivity contribution < 1.29 is 9.59 Å². The smallest absolute Gasteiger partial charge is 0.256 e. The van der Waals surface area contributed by atoms with Gasteiger partial charge in [-0.2, -0.15) is 0 Å². The van der Waals surface area contributed by atoms with Crippen molar-refractivity contribution >= 4 is 41.5 Å². The molecule has 4 N–H and O–H groups in total. The molecule has 7 heteroatoms. The first-order valence-electron chi connectivity index (χ1n) is 6.16. The molecule has 1 aliphatic rings. The Hall–Kier alpha value is -1.46. The highest BCUT2D eigenvalue weighted by atomic mass is 35.5. The van der Waals surface area contributed by atoms with Gasteiger partial charge in [-0.25, -0.2) is 0 Å². The lowest BCUT2D eigenvalue weighted by Crippen LogP contribution is -2.50. The minimum absolute atomic E-state index is 0. The van der Waals surface area contributed by atoms with Gasteiger partial charge in [0.1, 0.15) is 6.04 Å². The third-order valence-corrected chi connectivity index (χ3v) is 3.63. The summed E-state index contributed by atoms with van der Waals surface area (Å²) >= 11 is 6.03. The summed E-state index contributed by atoms with van der Waals surface area (Å²) in [5.41, 5.74) is 11.8. The summed E-state index contributed by atoms with van der Waals surface area (Å²) in [4.78, 5) is 25.4. The molecule has 110 valence electrons. The molecule has 0 saturated carbocycles. The Morgan fingerprint density at radius 2 is 2.00 bits per heavy atom. The highest BCUT2D eigenvalue weighted by Gasteiger charge is 2.31. The van der Waals surface area contributed by atoms with E-state index in [1.807, 2.05) is 0 Å². The van der Waals surface area contributed by atoms with Gasteiger partial charge in [0.2, 0.25) is 5.91 Å². The van der Waals surface area contributed by atoms with Crippen molar-refractivity contribution in [2.75, 3.05) is 12.3 Å². The molecule has 1 unspecified atom stereocenters. The maximum atomic E-state index is 12.4. The van der Waals surface area contributed by atoms with Crippen LogP contribution in [-0.2, 0) is 4.79 Å². The summed E-state index contributed by atoms with van der Waals surface area (Å²) in [6.07, 6.45) is 2.36. The van der Waals surface area contributed by atoms with Crippen LogP contribution in [0.4, 0.5) is 5.69 Å². The molecule has 2 amide bonds. The number of anilines is 1. The van der Waals surface area contributed by atoms with Crippen LogP contribution in [0.25, 0.3) is 0 Å². The van der Waals surface area contributed by atoms with Crippen LogP contribution < -0.4 is 11.5 Å². The predicted molar refractivity (Wildman–Crippen MR) is 81.0 cm³/mol. The summed E-state index contributed by atoms with van der Waals surface area (Å²) in [6.45, 7) is 0.521. The number of amides is 2. The topological polar surface area (TPSA) is 89.4 Å². The van der Waals surface area contributed by atoms with Crippen molar-refractivity contribution in [3.8, 4) is 0 Å². The number of nitrogen functional groups attached to an aromatic ring is 1. The number of halogens is 2. The fourth-order valence-electron chi connectivity index (χ4n) is 2.33. The van der Waals surface area contributed by atoms with E-state index >= 15 is 0 Å². The van der Waals surface area contributed by atoms with Crippen LogP contribution in [0.2, 0.25) is 5.02 Å². The zero-order valence-electron chi connectivity index (χ0n) is 10.8. The molecule has 5 nitrogen and oxygen atoms in total. The van der Waals surface area contributed by atoms with Gasteiger partial charge in [0.15, 0.2) is 0 Å². The Labute approximate surface area is 128 Å². The number of carbonyl (C=O) groups excluding carboxylic acids is 2. The van der Waals surface area contributed by atoms with Gasteiger partial charge in [0, 0.05) is 12.2 Å². The van der Waals surface area contributed by atoms with E-state index in [0.717, 1.165) is 12.8 Å². The number of likely N-dealkylation sites (tertiary alicyclic amines) is 1. The van der Waals surface area contributed by atoms with E-state index in [9.17, 15) is 9.59 Å². The molecule has 1 saturated heterocycles. The van der Waals surface area contributed by atoms with Crippen molar-refractivity contribution in [1.29, 1.82) is 0 Å². The molecular weight excluding hydrogens is 301 g/mol. The van der Waals surface area contributed by atoms with E-state index in [1.54, 1.807) is 12.1 Å². The Kier molecular flexibility index (Phi) is 5.65. The van der Waals surface area contributed by atoms with Gasteiger partial charge in [-0.15, -0.1) is 12.4 Å². The Balaban J connectivity index is 0.00000200. The van der Waals surface area contributed by atoms with Crippen molar-refractivity contribution in [2.45, 2.75) is 25.3 Å². The van der Waals surface area contributed by atoms with Crippen LogP contribution in [0.3, 0.4) is 0 Å².